The Balaban J connectivity index is 1.60. The summed E-state index contributed by atoms with van der Waals surface area (Å²) in [6, 6.07) is 3.42. The number of rotatable bonds is 4. The van der Waals surface area contributed by atoms with Crippen molar-refractivity contribution in [2.45, 2.75) is 25.4 Å². The largest absolute Gasteiger partial charge is 0.484 e. The van der Waals surface area contributed by atoms with Gasteiger partial charge in [-0.25, -0.2) is 4.98 Å². The van der Waals surface area contributed by atoms with E-state index >= 15 is 0 Å². The van der Waals surface area contributed by atoms with Crippen LogP contribution in [0.25, 0.3) is 0 Å². The highest BCUT2D eigenvalue weighted by atomic mass is 35.5. The molecule has 6 heteroatoms. The lowest BCUT2D eigenvalue weighted by molar-refractivity contribution is 0.284. The zero-order valence-electron chi connectivity index (χ0n) is 8.97. The average Bonchev–Trinajstić information content (AvgIpc) is 3.09. The van der Waals surface area contributed by atoms with Crippen molar-refractivity contribution < 1.29 is 9.26 Å². The number of aromatic nitrogens is 3. The maximum atomic E-state index is 5.67. The summed E-state index contributed by atoms with van der Waals surface area (Å²) in [5.74, 6) is 2.38. The van der Waals surface area contributed by atoms with Crippen LogP contribution >= 0.6 is 11.6 Å². The van der Waals surface area contributed by atoms with Gasteiger partial charge in [0.25, 0.3) is 0 Å². The molecule has 2 aromatic rings. The van der Waals surface area contributed by atoms with Gasteiger partial charge in [0.05, 0.1) is 6.20 Å². The van der Waals surface area contributed by atoms with Gasteiger partial charge in [-0.05, 0) is 25.0 Å². The molecule has 0 unspecified atom stereocenters. The standard InChI is InChI=1S/C11H10ClN3O2/c12-9-4-3-8(5-13-9)16-6-10-14-11(17-15-10)7-1-2-7/h3-5,7H,1-2,6H2. The Hall–Kier alpha value is -1.62. The predicted octanol–water partition coefficient (Wildman–Crippen LogP) is 2.57. The number of nitrogens with zero attached hydrogens (tertiary/aromatic N) is 3. The molecule has 1 aliphatic rings. The molecule has 0 aliphatic heterocycles. The fourth-order valence-corrected chi connectivity index (χ4v) is 1.53. The minimum Gasteiger partial charge on any atom is -0.484 e. The summed E-state index contributed by atoms with van der Waals surface area (Å²) in [7, 11) is 0. The molecule has 2 heterocycles. The number of halogens is 1. The van der Waals surface area contributed by atoms with Crippen LogP contribution in [0.5, 0.6) is 5.75 Å². The third-order valence-corrected chi connectivity index (χ3v) is 2.70. The highest BCUT2D eigenvalue weighted by molar-refractivity contribution is 6.29. The van der Waals surface area contributed by atoms with E-state index in [0.29, 0.717) is 22.6 Å². The zero-order chi connectivity index (χ0) is 11.7. The van der Waals surface area contributed by atoms with Gasteiger partial charge in [-0.2, -0.15) is 4.98 Å². The fraction of sp³-hybridized carbons (Fsp3) is 0.364. The first kappa shape index (κ1) is 10.5. The van der Waals surface area contributed by atoms with Crippen molar-refractivity contribution in [3.05, 3.63) is 35.2 Å². The third-order valence-electron chi connectivity index (χ3n) is 2.48. The highest BCUT2D eigenvalue weighted by Crippen LogP contribution is 2.38. The van der Waals surface area contributed by atoms with Crippen LogP contribution in [0.4, 0.5) is 0 Å². The Morgan fingerprint density at radius 3 is 3.00 bits per heavy atom. The van der Waals surface area contributed by atoms with E-state index < -0.39 is 0 Å². The van der Waals surface area contributed by atoms with Crippen LogP contribution in [0, 0.1) is 0 Å². The van der Waals surface area contributed by atoms with Crippen LogP contribution < -0.4 is 4.74 Å². The molecule has 1 saturated carbocycles. The summed E-state index contributed by atoms with van der Waals surface area (Å²) in [5.41, 5.74) is 0. The first-order valence-corrected chi connectivity index (χ1v) is 5.76. The van der Waals surface area contributed by atoms with E-state index in [-0.39, 0.29) is 6.61 Å². The summed E-state index contributed by atoms with van der Waals surface area (Å²) in [4.78, 5) is 8.17. The van der Waals surface area contributed by atoms with Crippen LogP contribution in [-0.2, 0) is 6.61 Å². The van der Waals surface area contributed by atoms with Crippen LogP contribution in [0.3, 0.4) is 0 Å². The average molecular weight is 252 g/mol. The monoisotopic (exact) mass is 251 g/mol. The molecule has 2 aromatic heterocycles. The molecule has 3 rings (SSSR count). The number of hydrogen-bond donors (Lipinski definition) is 0. The van der Waals surface area contributed by atoms with E-state index in [1.54, 1.807) is 18.3 Å². The van der Waals surface area contributed by atoms with Gasteiger partial charge in [0.15, 0.2) is 6.61 Å². The molecule has 88 valence electrons. The Bertz CT molecular complexity index is 508. The Morgan fingerprint density at radius 2 is 2.29 bits per heavy atom. The van der Waals surface area contributed by atoms with E-state index in [4.69, 9.17) is 20.9 Å². The van der Waals surface area contributed by atoms with E-state index in [1.165, 1.54) is 0 Å². The molecule has 1 aliphatic carbocycles. The lowest BCUT2D eigenvalue weighted by Crippen LogP contribution is -1.98. The molecule has 0 saturated heterocycles. The highest BCUT2D eigenvalue weighted by Gasteiger charge is 2.29. The molecule has 0 N–H and O–H groups in total. The summed E-state index contributed by atoms with van der Waals surface area (Å²) >= 11 is 5.67. The van der Waals surface area contributed by atoms with E-state index in [2.05, 4.69) is 15.1 Å². The SMILES string of the molecule is Clc1ccc(OCc2noc(C3CC3)n2)cn1. The smallest absolute Gasteiger partial charge is 0.229 e. The third kappa shape index (κ3) is 2.55. The summed E-state index contributed by atoms with van der Waals surface area (Å²) < 4.78 is 10.6. The van der Waals surface area contributed by atoms with Gasteiger partial charge in [0.2, 0.25) is 11.7 Å². The molecule has 0 aromatic carbocycles. The van der Waals surface area contributed by atoms with Crippen molar-refractivity contribution in [3.8, 4) is 5.75 Å². The molecule has 0 atom stereocenters. The summed E-state index contributed by atoms with van der Waals surface area (Å²) in [6.07, 6.45) is 3.84. The molecule has 0 radical (unpaired) electrons. The molecule has 0 spiro atoms. The lowest BCUT2D eigenvalue weighted by atomic mass is 10.4. The van der Waals surface area contributed by atoms with Crippen molar-refractivity contribution in [2.75, 3.05) is 0 Å². The molecule has 17 heavy (non-hydrogen) atoms. The van der Waals surface area contributed by atoms with E-state index in [0.717, 1.165) is 18.7 Å². The minimum absolute atomic E-state index is 0.277. The van der Waals surface area contributed by atoms with Gasteiger partial charge < -0.3 is 9.26 Å². The fourth-order valence-electron chi connectivity index (χ4n) is 1.42. The zero-order valence-corrected chi connectivity index (χ0v) is 9.72. The van der Waals surface area contributed by atoms with Crippen molar-refractivity contribution in [1.29, 1.82) is 0 Å². The molecular formula is C11H10ClN3O2. The van der Waals surface area contributed by atoms with Gasteiger partial charge >= 0.3 is 0 Å². The molecule has 0 amide bonds. The quantitative estimate of drug-likeness (QED) is 0.782. The first-order chi connectivity index (χ1) is 8.31. The number of pyridine rings is 1. The second kappa shape index (κ2) is 4.33. The Kier molecular flexibility index (Phi) is 2.68. The van der Waals surface area contributed by atoms with Crippen LogP contribution in [0.15, 0.2) is 22.9 Å². The minimum atomic E-state index is 0.277. The van der Waals surface area contributed by atoms with Crippen LogP contribution in [0.1, 0.15) is 30.5 Å². The van der Waals surface area contributed by atoms with Gasteiger partial charge in [0, 0.05) is 5.92 Å². The Morgan fingerprint density at radius 1 is 1.41 bits per heavy atom. The molecule has 1 fully saturated rings. The van der Waals surface area contributed by atoms with Crippen molar-refractivity contribution >= 4 is 11.6 Å². The maximum Gasteiger partial charge on any atom is 0.229 e. The molecule has 0 bridgehead atoms. The van der Waals surface area contributed by atoms with Crippen molar-refractivity contribution in [1.82, 2.24) is 15.1 Å². The maximum absolute atomic E-state index is 5.67. The van der Waals surface area contributed by atoms with Crippen molar-refractivity contribution in [2.24, 2.45) is 0 Å². The topological polar surface area (TPSA) is 61.0 Å². The summed E-state index contributed by atoms with van der Waals surface area (Å²) in [5, 5.41) is 4.29. The van der Waals surface area contributed by atoms with Crippen molar-refractivity contribution in [3.63, 3.8) is 0 Å². The predicted molar refractivity (Wildman–Crippen MR) is 59.9 cm³/mol. The van der Waals surface area contributed by atoms with Gasteiger partial charge in [-0.1, -0.05) is 16.8 Å². The van der Waals surface area contributed by atoms with Gasteiger partial charge in [-0.15, -0.1) is 0 Å². The molecular weight excluding hydrogens is 242 g/mol. The second-order valence-electron chi connectivity index (χ2n) is 3.93. The lowest BCUT2D eigenvalue weighted by Gasteiger charge is -2.01. The van der Waals surface area contributed by atoms with Gasteiger partial charge in [0.1, 0.15) is 10.9 Å². The van der Waals surface area contributed by atoms with Crippen LogP contribution in [-0.4, -0.2) is 15.1 Å². The number of hydrogen-bond acceptors (Lipinski definition) is 5. The van der Waals surface area contributed by atoms with E-state index in [1.807, 2.05) is 0 Å². The van der Waals surface area contributed by atoms with Gasteiger partial charge in [-0.3, -0.25) is 0 Å². The summed E-state index contributed by atoms with van der Waals surface area (Å²) in [6.45, 7) is 0.277. The van der Waals surface area contributed by atoms with E-state index in [9.17, 15) is 0 Å². The molecule has 5 nitrogen and oxygen atoms in total. The normalized spacial score (nSPS) is 14.9. The second-order valence-corrected chi connectivity index (χ2v) is 4.32. The number of ether oxygens (including phenoxy) is 1. The Labute approximate surface area is 103 Å². The first-order valence-electron chi connectivity index (χ1n) is 5.38. The van der Waals surface area contributed by atoms with Crippen LogP contribution in [0.2, 0.25) is 5.15 Å².